The highest BCUT2D eigenvalue weighted by Crippen LogP contribution is 2.34. The Morgan fingerprint density at radius 1 is 1.26 bits per heavy atom. The van der Waals surface area contributed by atoms with Crippen LogP contribution >= 0.6 is 0 Å². The normalized spacial score (nSPS) is 30.1. The van der Waals surface area contributed by atoms with Gasteiger partial charge in [-0.15, -0.1) is 0 Å². The molecular formula is C17H25NO. The van der Waals surface area contributed by atoms with Gasteiger partial charge in [-0.3, -0.25) is 0 Å². The summed E-state index contributed by atoms with van der Waals surface area (Å²) in [6.07, 6.45) is 9.05. The van der Waals surface area contributed by atoms with Crippen LogP contribution in [0.15, 0.2) is 18.2 Å². The average Bonchev–Trinajstić information content (AvgIpc) is 2.80. The molecular weight excluding hydrogens is 234 g/mol. The van der Waals surface area contributed by atoms with E-state index < -0.39 is 0 Å². The molecule has 0 radical (unpaired) electrons. The van der Waals surface area contributed by atoms with E-state index in [0.29, 0.717) is 6.10 Å². The van der Waals surface area contributed by atoms with Crippen LogP contribution in [-0.4, -0.2) is 6.10 Å². The van der Waals surface area contributed by atoms with Crippen LogP contribution in [0.1, 0.15) is 62.6 Å². The number of hydrogen-bond donors (Lipinski definition) is 1. The summed E-state index contributed by atoms with van der Waals surface area (Å²) in [5, 5.41) is 0. The average molecular weight is 259 g/mol. The van der Waals surface area contributed by atoms with Crippen molar-refractivity contribution in [3.05, 3.63) is 29.3 Å². The third-order valence-corrected chi connectivity index (χ3v) is 4.85. The van der Waals surface area contributed by atoms with Crippen LogP contribution in [0.3, 0.4) is 0 Å². The number of benzene rings is 1. The Morgan fingerprint density at radius 2 is 2.16 bits per heavy atom. The van der Waals surface area contributed by atoms with Crippen LogP contribution < -0.4 is 10.5 Å². The summed E-state index contributed by atoms with van der Waals surface area (Å²) < 4.78 is 6.21. The molecule has 0 amide bonds. The summed E-state index contributed by atoms with van der Waals surface area (Å²) in [7, 11) is 0. The highest BCUT2D eigenvalue weighted by atomic mass is 16.5. The zero-order valence-electron chi connectivity index (χ0n) is 11.9. The molecule has 0 spiro atoms. The van der Waals surface area contributed by atoms with Gasteiger partial charge < -0.3 is 10.5 Å². The maximum absolute atomic E-state index is 6.21. The van der Waals surface area contributed by atoms with Gasteiger partial charge in [-0.1, -0.05) is 25.8 Å². The monoisotopic (exact) mass is 259 g/mol. The maximum atomic E-state index is 6.21. The van der Waals surface area contributed by atoms with Crippen LogP contribution in [-0.2, 0) is 6.42 Å². The van der Waals surface area contributed by atoms with Gasteiger partial charge in [0.25, 0.3) is 0 Å². The molecule has 0 aromatic heterocycles. The van der Waals surface area contributed by atoms with Gasteiger partial charge >= 0.3 is 0 Å². The first-order valence-corrected chi connectivity index (χ1v) is 7.81. The van der Waals surface area contributed by atoms with Gasteiger partial charge in [0.15, 0.2) is 0 Å². The zero-order chi connectivity index (χ0) is 13.2. The summed E-state index contributed by atoms with van der Waals surface area (Å²) >= 11 is 0. The molecule has 0 aliphatic heterocycles. The van der Waals surface area contributed by atoms with Gasteiger partial charge in [0.2, 0.25) is 0 Å². The van der Waals surface area contributed by atoms with Gasteiger partial charge in [-0.2, -0.15) is 0 Å². The second-order valence-electron chi connectivity index (χ2n) is 6.19. The quantitative estimate of drug-likeness (QED) is 0.891. The Labute approximate surface area is 116 Å². The number of fused-ring (bicyclic) bond motifs is 1. The second kappa shape index (κ2) is 5.54. The fourth-order valence-corrected chi connectivity index (χ4v) is 3.61. The minimum absolute atomic E-state index is 0.239. The number of ether oxygens (including phenoxy) is 1. The smallest absolute Gasteiger partial charge is 0.120 e. The predicted molar refractivity (Wildman–Crippen MR) is 78.4 cm³/mol. The predicted octanol–water partition coefficient (Wildman–Crippen LogP) is 3.98. The van der Waals surface area contributed by atoms with E-state index in [0.717, 1.165) is 24.5 Å². The number of nitrogens with two attached hydrogens (primary N) is 1. The highest BCUT2D eigenvalue weighted by molar-refractivity contribution is 5.40. The molecule has 0 heterocycles. The van der Waals surface area contributed by atoms with E-state index in [1.807, 2.05) is 0 Å². The lowest BCUT2D eigenvalue weighted by molar-refractivity contribution is 0.122. The van der Waals surface area contributed by atoms with Crippen molar-refractivity contribution >= 4 is 0 Å². The molecule has 2 nitrogen and oxygen atoms in total. The molecule has 1 aromatic rings. The Bertz CT molecular complexity index is 443. The molecule has 3 unspecified atom stereocenters. The molecule has 104 valence electrons. The van der Waals surface area contributed by atoms with Crippen molar-refractivity contribution in [2.45, 2.75) is 64.0 Å². The lowest BCUT2D eigenvalue weighted by Gasteiger charge is -2.29. The lowest BCUT2D eigenvalue weighted by atomic mass is 9.85. The SMILES string of the molecule is CCC1CCCC(Oc2ccc3c(c2)CCC3N)C1. The van der Waals surface area contributed by atoms with Crippen molar-refractivity contribution in [2.24, 2.45) is 11.7 Å². The van der Waals surface area contributed by atoms with Gasteiger partial charge in [-0.25, -0.2) is 0 Å². The maximum Gasteiger partial charge on any atom is 0.120 e. The Morgan fingerprint density at radius 3 is 3.00 bits per heavy atom. The molecule has 2 N–H and O–H groups in total. The van der Waals surface area contributed by atoms with Gasteiger partial charge in [0.1, 0.15) is 5.75 Å². The van der Waals surface area contributed by atoms with E-state index >= 15 is 0 Å². The van der Waals surface area contributed by atoms with Crippen molar-refractivity contribution in [3.63, 3.8) is 0 Å². The third kappa shape index (κ3) is 2.79. The summed E-state index contributed by atoms with van der Waals surface area (Å²) in [6, 6.07) is 6.74. The molecule has 3 atom stereocenters. The molecule has 2 aliphatic rings. The molecule has 3 rings (SSSR count). The summed E-state index contributed by atoms with van der Waals surface area (Å²) in [4.78, 5) is 0. The second-order valence-corrected chi connectivity index (χ2v) is 6.19. The van der Waals surface area contributed by atoms with Crippen molar-refractivity contribution in [3.8, 4) is 5.75 Å². The summed E-state index contributed by atoms with van der Waals surface area (Å²) in [5.41, 5.74) is 8.79. The van der Waals surface area contributed by atoms with E-state index in [9.17, 15) is 0 Å². The van der Waals surface area contributed by atoms with Crippen LogP contribution in [0.2, 0.25) is 0 Å². The minimum Gasteiger partial charge on any atom is -0.490 e. The van der Waals surface area contributed by atoms with Crippen molar-refractivity contribution < 1.29 is 4.74 Å². The van der Waals surface area contributed by atoms with E-state index in [1.54, 1.807) is 0 Å². The first kappa shape index (κ1) is 13.0. The Balaban J connectivity index is 1.67. The van der Waals surface area contributed by atoms with Crippen LogP contribution in [0.5, 0.6) is 5.75 Å². The standard InChI is InChI=1S/C17H25NO/c1-2-12-4-3-5-14(10-12)19-15-7-8-16-13(11-15)6-9-17(16)18/h7-8,11-12,14,17H,2-6,9-10,18H2,1H3. The number of hydrogen-bond acceptors (Lipinski definition) is 2. The molecule has 1 aromatic carbocycles. The van der Waals surface area contributed by atoms with E-state index in [1.165, 1.54) is 43.2 Å². The first-order valence-electron chi connectivity index (χ1n) is 7.81. The zero-order valence-corrected chi connectivity index (χ0v) is 11.9. The molecule has 0 saturated heterocycles. The van der Waals surface area contributed by atoms with E-state index in [-0.39, 0.29) is 6.04 Å². The minimum atomic E-state index is 0.239. The summed E-state index contributed by atoms with van der Waals surface area (Å²) in [5.74, 6) is 1.91. The van der Waals surface area contributed by atoms with Crippen molar-refractivity contribution in [2.75, 3.05) is 0 Å². The van der Waals surface area contributed by atoms with Crippen molar-refractivity contribution in [1.82, 2.24) is 0 Å². The number of aryl methyl sites for hydroxylation is 1. The van der Waals surface area contributed by atoms with Crippen LogP contribution in [0.25, 0.3) is 0 Å². The Kier molecular flexibility index (Phi) is 3.79. The van der Waals surface area contributed by atoms with E-state index in [4.69, 9.17) is 10.5 Å². The van der Waals surface area contributed by atoms with Gasteiger partial charge in [-0.05, 0) is 61.3 Å². The largest absolute Gasteiger partial charge is 0.490 e. The highest BCUT2D eigenvalue weighted by Gasteiger charge is 2.23. The third-order valence-electron chi connectivity index (χ3n) is 4.85. The molecule has 1 fully saturated rings. The van der Waals surface area contributed by atoms with E-state index in [2.05, 4.69) is 25.1 Å². The first-order chi connectivity index (χ1) is 9.26. The molecule has 1 saturated carbocycles. The van der Waals surface area contributed by atoms with Gasteiger partial charge in [0.05, 0.1) is 6.10 Å². The van der Waals surface area contributed by atoms with Crippen LogP contribution in [0, 0.1) is 5.92 Å². The Hall–Kier alpha value is -1.02. The molecule has 19 heavy (non-hydrogen) atoms. The molecule has 2 aliphatic carbocycles. The fraction of sp³-hybridized carbons (Fsp3) is 0.647. The van der Waals surface area contributed by atoms with Gasteiger partial charge in [0, 0.05) is 6.04 Å². The lowest BCUT2D eigenvalue weighted by Crippen LogP contribution is -2.25. The fourth-order valence-electron chi connectivity index (χ4n) is 3.61. The van der Waals surface area contributed by atoms with Crippen molar-refractivity contribution in [1.29, 1.82) is 0 Å². The van der Waals surface area contributed by atoms with Crippen LogP contribution in [0.4, 0.5) is 0 Å². The topological polar surface area (TPSA) is 35.2 Å². The molecule has 2 heteroatoms. The summed E-state index contributed by atoms with van der Waals surface area (Å²) in [6.45, 7) is 2.30. The molecule has 0 bridgehead atoms. The number of rotatable bonds is 3.